The molecule has 0 aliphatic carbocycles. The summed E-state index contributed by atoms with van der Waals surface area (Å²) in [4.78, 5) is 21.6. The highest BCUT2D eigenvalue weighted by atomic mass is 31.2. The second kappa shape index (κ2) is 10.4. The Labute approximate surface area is 151 Å². The lowest BCUT2D eigenvalue weighted by Crippen LogP contribution is -2.42. The summed E-state index contributed by atoms with van der Waals surface area (Å²) in [6.07, 6.45) is -0.652. The van der Waals surface area contributed by atoms with E-state index in [9.17, 15) is 15.3 Å². The van der Waals surface area contributed by atoms with Gasteiger partial charge in [-0.1, -0.05) is 48.5 Å². The lowest BCUT2D eigenvalue weighted by molar-refractivity contribution is -0.0742. The zero-order valence-corrected chi connectivity index (χ0v) is 14.8. The van der Waals surface area contributed by atoms with E-state index in [1.807, 2.05) is 48.5 Å². The minimum Gasteiger partial charge on any atom is -0.485 e. The Morgan fingerprint density at radius 2 is 1.19 bits per heavy atom. The van der Waals surface area contributed by atoms with Gasteiger partial charge in [0.15, 0.2) is 0 Å². The van der Waals surface area contributed by atoms with Gasteiger partial charge < -0.3 is 34.7 Å². The van der Waals surface area contributed by atoms with Crippen LogP contribution in [0.25, 0.3) is 0 Å². The Kier molecular flexibility index (Phi) is 8.91. The molecular formula is C17H23O8P. The number of aliphatic hydroxyl groups is 3. The number of hydrogen-bond acceptors (Lipinski definition) is 5. The van der Waals surface area contributed by atoms with Gasteiger partial charge in [0.1, 0.15) is 11.9 Å². The Morgan fingerprint density at radius 3 is 1.58 bits per heavy atom. The van der Waals surface area contributed by atoms with E-state index in [0.29, 0.717) is 5.75 Å². The molecule has 26 heavy (non-hydrogen) atoms. The summed E-state index contributed by atoms with van der Waals surface area (Å²) in [7, 11) is -4.64. The lowest BCUT2D eigenvalue weighted by atomic mass is 9.80. The number of ether oxygens (including phenoxy) is 1. The van der Waals surface area contributed by atoms with Crippen molar-refractivity contribution in [1.29, 1.82) is 0 Å². The second-order valence-corrected chi connectivity index (χ2v) is 6.60. The number of hydrogen-bond donors (Lipinski definition) is 6. The summed E-state index contributed by atoms with van der Waals surface area (Å²) < 4.78 is 14.8. The van der Waals surface area contributed by atoms with E-state index >= 15 is 0 Å². The lowest BCUT2D eigenvalue weighted by Gasteiger charge is -2.36. The number of para-hydroxylation sites is 1. The molecule has 0 amide bonds. The summed E-state index contributed by atoms with van der Waals surface area (Å²) in [6, 6.07) is 18.4. The molecule has 2 rings (SSSR count). The predicted octanol–water partition coefficient (Wildman–Crippen LogP) is 0.841. The van der Waals surface area contributed by atoms with Crippen LogP contribution in [0.3, 0.4) is 0 Å². The van der Waals surface area contributed by atoms with Gasteiger partial charge in [0.2, 0.25) is 0 Å². The van der Waals surface area contributed by atoms with Gasteiger partial charge in [-0.2, -0.15) is 0 Å². The maximum Gasteiger partial charge on any atom is 0.466 e. The Morgan fingerprint density at radius 1 is 0.808 bits per heavy atom. The number of phosphoric acid groups is 1. The molecule has 0 saturated heterocycles. The van der Waals surface area contributed by atoms with E-state index < -0.39 is 19.3 Å². The molecule has 0 bridgehead atoms. The number of rotatable bonds is 7. The van der Waals surface area contributed by atoms with E-state index in [4.69, 9.17) is 24.0 Å². The van der Waals surface area contributed by atoms with Crippen molar-refractivity contribution in [2.75, 3.05) is 19.8 Å². The standard InChI is InChI=1S/C17H20O4.H3O4P/c18-11-17(12-19,13-20)16(14-7-3-1-4-8-14)21-15-9-5-2-6-10-15;1-5(2,3)4/h1-10,16,18-20H,11-13H2;(H3,1,2,3,4). The van der Waals surface area contributed by atoms with Crippen LogP contribution in [0.1, 0.15) is 11.7 Å². The highest BCUT2D eigenvalue weighted by Crippen LogP contribution is 2.37. The average Bonchev–Trinajstić information content (AvgIpc) is 2.63. The van der Waals surface area contributed by atoms with Gasteiger partial charge in [-0.25, -0.2) is 4.57 Å². The van der Waals surface area contributed by atoms with Crippen molar-refractivity contribution in [2.45, 2.75) is 6.10 Å². The molecule has 1 unspecified atom stereocenters. The first-order valence-electron chi connectivity index (χ1n) is 7.63. The first-order chi connectivity index (χ1) is 12.3. The van der Waals surface area contributed by atoms with Gasteiger partial charge in [-0.3, -0.25) is 0 Å². The zero-order chi connectivity index (χ0) is 19.6. The molecule has 2 aromatic rings. The Balaban J connectivity index is 0.000000597. The van der Waals surface area contributed by atoms with Crippen LogP contribution in [0.5, 0.6) is 5.75 Å². The molecule has 9 heteroatoms. The first-order valence-corrected chi connectivity index (χ1v) is 9.20. The van der Waals surface area contributed by atoms with E-state index in [0.717, 1.165) is 5.56 Å². The van der Waals surface area contributed by atoms with Gasteiger partial charge in [0.05, 0.1) is 25.2 Å². The monoisotopic (exact) mass is 386 g/mol. The number of aliphatic hydroxyl groups excluding tert-OH is 3. The van der Waals surface area contributed by atoms with Gasteiger partial charge >= 0.3 is 7.82 Å². The molecule has 2 aromatic carbocycles. The minimum atomic E-state index is -4.64. The van der Waals surface area contributed by atoms with Crippen LogP contribution in [0.15, 0.2) is 60.7 Å². The molecular weight excluding hydrogens is 363 g/mol. The van der Waals surface area contributed by atoms with Crippen LogP contribution < -0.4 is 4.74 Å². The van der Waals surface area contributed by atoms with Crippen molar-refractivity contribution < 1.29 is 39.3 Å². The van der Waals surface area contributed by atoms with Crippen molar-refractivity contribution in [3.05, 3.63) is 66.2 Å². The fraction of sp³-hybridized carbons (Fsp3) is 0.294. The third-order valence-corrected chi connectivity index (χ3v) is 3.60. The molecule has 0 aliphatic heterocycles. The van der Waals surface area contributed by atoms with Gasteiger partial charge in [0.25, 0.3) is 0 Å². The molecule has 0 heterocycles. The van der Waals surface area contributed by atoms with Crippen LogP contribution in [-0.4, -0.2) is 49.8 Å². The molecule has 0 saturated carbocycles. The first kappa shape index (κ1) is 22.3. The predicted molar refractivity (Wildman–Crippen MR) is 94.2 cm³/mol. The van der Waals surface area contributed by atoms with Crippen LogP contribution in [-0.2, 0) is 4.57 Å². The highest BCUT2D eigenvalue weighted by Gasteiger charge is 2.40. The van der Waals surface area contributed by atoms with Crippen molar-refractivity contribution in [3.8, 4) is 5.75 Å². The van der Waals surface area contributed by atoms with Crippen LogP contribution in [0.4, 0.5) is 0 Å². The molecule has 0 fully saturated rings. The number of benzene rings is 2. The van der Waals surface area contributed by atoms with Crippen molar-refractivity contribution in [2.24, 2.45) is 5.41 Å². The van der Waals surface area contributed by atoms with Gasteiger partial charge in [0, 0.05) is 0 Å². The maximum absolute atomic E-state index is 9.69. The van der Waals surface area contributed by atoms with Crippen molar-refractivity contribution in [1.82, 2.24) is 0 Å². The topological polar surface area (TPSA) is 148 Å². The molecule has 0 aliphatic rings. The van der Waals surface area contributed by atoms with E-state index in [1.165, 1.54) is 0 Å². The van der Waals surface area contributed by atoms with E-state index in [2.05, 4.69) is 0 Å². The molecule has 0 spiro atoms. The van der Waals surface area contributed by atoms with Crippen molar-refractivity contribution >= 4 is 7.82 Å². The zero-order valence-electron chi connectivity index (χ0n) is 13.9. The van der Waals surface area contributed by atoms with Crippen molar-refractivity contribution in [3.63, 3.8) is 0 Å². The molecule has 0 aromatic heterocycles. The third-order valence-electron chi connectivity index (χ3n) is 3.60. The highest BCUT2D eigenvalue weighted by molar-refractivity contribution is 7.45. The van der Waals surface area contributed by atoms with Gasteiger partial charge in [-0.05, 0) is 17.7 Å². The fourth-order valence-corrected chi connectivity index (χ4v) is 2.21. The molecule has 6 N–H and O–H groups in total. The second-order valence-electron chi connectivity index (χ2n) is 5.57. The largest absolute Gasteiger partial charge is 0.485 e. The fourth-order valence-electron chi connectivity index (χ4n) is 2.21. The van der Waals surface area contributed by atoms with Crippen LogP contribution in [0.2, 0.25) is 0 Å². The minimum absolute atomic E-state index is 0.383. The van der Waals surface area contributed by atoms with Gasteiger partial charge in [-0.15, -0.1) is 0 Å². The van der Waals surface area contributed by atoms with Crippen LogP contribution >= 0.6 is 7.82 Å². The third kappa shape index (κ3) is 7.23. The van der Waals surface area contributed by atoms with E-state index in [1.54, 1.807) is 12.1 Å². The van der Waals surface area contributed by atoms with Crippen LogP contribution in [0, 0.1) is 5.41 Å². The smallest absolute Gasteiger partial charge is 0.466 e. The summed E-state index contributed by atoms with van der Waals surface area (Å²) in [5, 5.41) is 29.1. The quantitative estimate of drug-likeness (QED) is 0.384. The summed E-state index contributed by atoms with van der Waals surface area (Å²) in [6.45, 7) is -1.15. The SMILES string of the molecule is O=P(O)(O)O.OCC(CO)(CO)C(Oc1ccccc1)c1ccccc1. The molecule has 8 nitrogen and oxygen atoms in total. The molecule has 144 valence electrons. The maximum atomic E-state index is 9.69. The Hall–Kier alpha value is -1.77. The molecule has 0 radical (unpaired) electrons. The normalized spacial score (nSPS) is 12.7. The Bertz CT molecular complexity index is 653. The summed E-state index contributed by atoms with van der Waals surface area (Å²) in [5.74, 6) is 0.617. The average molecular weight is 386 g/mol. The summed E-state index contributed by atoms with van der Waals surface area (Å²) in [5.41, 5.74) is -0.365. The van der Waals surface area contributed by atoms with E-state index in [-0.39, 0.29) is 19.8 Å². The molecule has 1 atom stereocenters. The summed E-state index contributed by atoms with van der Waals surface area (Å²) >= 11 is 0.